The van der Waals surface area contributed by atoms with Crippen LogP contribution < -0.4 is 0 Å². The van der Waals surface area contributed by atoms with Gasteiger partial charge in [0.1, 0.15) is 6.23 Å². The van der Waals surface area contributed by atoms with Gasteiger partial charge in [0, 0.05) is 13.1 Å². The first-order valence-corrected chi connectivity index (χ1v) is 5.87. The molecule has 0 amide bonds. The third-order valence-corrected chi connectivity index (χ3v) is 3.16. The first-order chi connectivity index (χ1) is 6.79. The van der Waals surface area contributed by atoms with Crippen LogP contribution in [0.3, 0.4) is 0 Å². The van der Waals surface area contributed by atoms with Crippen LogP contribution in [0.2, 0.25) is 0 Å². The van der Waals surface area contributed by atoms with E-state index in [4.69, 9.17) is 0 Å². The molecule has 0 saturated carbocycles. The monoisotopic (exact) mass is 211 g/mol. The summed E-state index contributed by atoms with van der Waals surface area (Å²) in [7, 11) is 0. The Morgan fingerprint density at radius 2 is 1.87 bits per heavy atom. The Hall–Kier alpha value is -0.340. The van der Waals surface area contributed by atoms with Gasteiger partial charge < -0.3 is 5.11 Å². The molecule has 88 valence electrons. The van der Waals surface area contributed by atoms with E-state index >= 15 is 0 Å². The van der Waals surface area contributed by atoms with Crippen LogP contribution in [0.4, 0.5) is 0 Å². The van der Waals surface area contributed by atoms with Crippen molar-refractivity contribution in [2.75, 3.05) is 13.1 Å². The minimum absolute atomic E-state index is 0.198. The molecule has 0 radical (unpaired) electrons. The lowest BCUT2D eigenvalue weighted by Gasteiger charge is -2.35. The van der Waals surface area contributed by atoms with E-state index in [1.165, 1.54) is 11.1 Å². The van der Waals surface area contributed by atoms with Gasteiger partial charge in [-0.2, -0.15) is 0 Å². The van der Waals surface area contributed by atoms with Crippen molar-refractivity contribution in [3.63, 3.8) is 0 Å². The second-order valence-corrected chi connectivity index (χ2v) is 6.03. The fourth-order valence-corrected chi connectivity index (χ4v) is 1.97. The van der Waals surface area contributed by atoms with Gasteiger partial charge in [-0.3, -0.25) is 4.90 Å². The zero-order valence-corrected chi connectivity index (χ0v) is 10.8. The van der Waals surface area contributed by atoms with Crippen molar-refractivity contribution in [3.05, 3.63) is 11.1 Å². The van der Waals surface area contributed by atoms with E-state index in [9.17, 15) is 5.11 Å². The minimum Gasteiger partial charge on any atom is -0.378 e. The molecule has 0 fully saturated rings. The molecule has 0 bridgehead atoms. The van der Waals surface area contributed by atoms with Crippen molar-refractivity contribution in [1.29, 1.82) is 0 Å². The van der Waals surface area contributed by atoms with Crippen LogP contribution in [0.1, 0.15) is 47.5 Å². The second-order valence-electron chi connectivity index (χ2n) is 6.03. The molecule has 0 aliphatic carbocycles. The van der Waals surface area contributed by atoms with Crippen LogP contribution in [0, 0.1) is 5.41 Å². The molecule has 0 saturated heterocycles. The predicted octanol–water partition coefficient (Wildman–Crippen LogP) is 2.78. The summed E-state index contributed by atoms with van der Waals surface area (Å²) < 4.78 is 0. The Balaban J connectivity index is 2.53. The van der Waals surface area contributed by atoms with E-state index < -0.39 is 0 Å². The molecule has 0 aromatic heterocycles. The maximum atomic E-state index is 10.1. The fourth-order valence-electron chi connectivity index (χ4n) is 1.97. The summed E-state index contributed by atoms with van der Waals surface area (Å²) in [6.45, 7) is 12.8. The largest absolute Gasteiger partial charge is 0.378 e. The lowest BCUT2D eigenvalue weighted by atomic mass is 9.90. The van der Waals surface area contributed by atoms with Gasteiger partial charge in [0.25, 0.3) is 0 Å². The molecule has 1 atom stereocenters. The van der Waals surface area contributed by atoms with Crippen LogP contribution in [-0.4, -0.2) is 29.3 Å². The van der Waals surface area contributed by atoms with E-state index in [0.717, 1.165) is 25.9 Å². The maximum absolute atomic E-state index is 10.1. The number of aliphatic hydroxyl groups is 1. The molecule has 0 aromatic rings. The smallest absolute Gasteiger partial charge is 0.108 e. The third-order valence-electron chi connectivity index (χ3n) is 3.16. The molecular weight excluding hydrogens is 186 g/mol. The molecule has 0 aromatic carbocycles. The van der Waals surface area contributed by atoms with Crippen molar-refractivity contribution in [3.8, 4) is 0 Å². The fraction of sp³-hybridized carbons (Fsp3) is 0.846. The molecule has 1 aliphatic heterocycles. The van der Waals surface area contributed by atoms with E-state index in [-0.39, 0.29) is 11.6 Å². The summed E-state index contributed by atoms with van der Waals surface area (Å²) >= 11 is 0. The molecule has 1 aliphatic rings. The van der Waals surface area contributed by atoms with E-state index in [2.05, 4.69) is 39.5 Å². The quantitative estimate of drug-likeness (QED) is 0.710. The van der Waals surface area contributed by atoms with Crippen LogP contribution in [0.5, 0.6) is 0 Å². The first kappa shape index (κ1) is 12.7. The van der Waals surface area contributed by atoms with E-state index in [1.54, 1.807) is 0 Å². The molecule has 0 spiro atoms. The highest BCUT2D eigenvalue weighted by Crippen LogP contribution is 2.25. The Morgan fingerprint density at radius 1 is 1.27 bits per heavy atom. The molecule has 1 heterocycles. The summed E-state index contributed by atoms with van der Waals surface area (Å²) in [6.07, 6.45) is 1.67. The molecule has 1 unspecified atom stereocenters. The number of nitrogens with zero attached hydrogens (tertiary/aromatic N) is 1. The summed E-state index contributed by atoms with van der Waals surface area (Å²) in [4.78, 5) is 2.19. The summed E-state index contributed by atoms with van der Waals surface area (Å²) in [5, 5.41) is 10.1. The van der Waals surface area contributed by atoms with Crippen LogP contribution in [0.15, 0.2) is 11.1 Å². The third kappa shape index (κ3) is 3.96. The molecule has 1 N–H and O–H groups in total. The van der Waals surface area contributed by atoms with Gasteiger partial charge in [-0.25, -0.2) is 0 Å². The Kier molecular flexibility index (Phi) is 3.96. The highest BCUT2D eigenvalue weighted by atomic mass is 16.3. The SMILES string of the molecule is CC1=C(C)CN(C(O)CC(C)(C)C)CC1. The number of hydrogen-bond acceptors (Lipinski definition) is 2. The Labute approximate surface area is 94.0 Å². The van der Waals surface area contributed by atoms with Gasteiger partial charge in [-0.15, -0.1) is 0 Å². The molecular formula is C13H25NO. The highest BCUT2D eigenvalue weighted by molar-refractivity contribution is 5.14. The van der Waals surface area contributed by atoms with Crippen molar-refractivity contribution in [2.45, 2.75) is 53.7 Å². The average molecular weight is 211 g/mol. The van der Waals surface area contributed by atoms with Crippen LogP contribution in [-0.2, 0) is 0 Å². The summed E-state index contributed by atoms with van der Waals surface area (Å²) in [6, 6.07) is 0. The number of hydrogen-bond donors (Lipinski definition) is 1. The van der Waals surface area contributed by atoms with Crippen molar-refractivity contribution < 1.29 is 5.11 Å². The van der Waals surface area contributed by atoms with Crippen LogP contribution >= 0.6 is 0 Å². The normalized spacial score (nSPS) is 22.0. The van der Waals surface area contributed by atoms with Gasteiger partial charge in [-0.05, 0) is 32.1 Å². The maximum Gasteiger partial charge on any atom is 0.108 e. The zero-order valence-electron chi connectivity index (χ0n) is 10.8. The lowest BCUT2D eigenvalue weighted by Crippen LogP contribution is -2.41. The Bertz CT molecular complexity index is 250. The van der Waals surface area contributed by atoms with Crippen molar-refractivity contribution in [1.82, 2.24) is 4.90 Å². The average Bonchev–Trinajstić information content (AvgIpc) is 2.06. The Morgan fingerprint density at radius 3 is 2.33 bits per heavy atom. The zero-order chi connectivity index (χ0) is 11.6. The second kappa shape index (κ2) is 4.67. The highest BCUT2D eigenvalue weighted by Gasteiger charge is 2.24. The van der Waals surface area contributed by atoms with Crippen molar-refractivity contribution in [2.24, 2.45) is 5.41 Å². The molecule has 2 nitrogen and oxygen atoms in total. The van der Waals surface area contributed by atoms with E-state index in [1.807, 2.05) is 0 Å². The van der Waals surface area contributed by atoms with Gasteiger partial charge >= 0.3 is 0 Å². The summed E-state index contributed by atoms with van der Waals surface area (Å²) in [5.74, 6) is 0. The minimum atomic E-state index is -0.284. The van der Waals surface area contributed by atoms with Crippen molar-refractivity contribution >= 4 is 0 Å². The molecule has 1 rings (SSSR count). The lowest BCUT2D eigenvalue weighted by molar-refractivity contribution is -0.0204. The van der Waals surface area contributed by atoms with Gasteiger partial charge in [0.2, 0.25) is 0 Å². The number of rotatable bonds is 2. The van der Waals surface area contributed by atoms with Gasteiger partial charge in [-0.1, -0.05) is 31.9 Å². The van der Waals surface area contributed by atoms with Gasteiger partial charge in [0.05, 0.1) is 0 Å². The van der Waals surface area contributed by atoms with E-state index in [0.29, 0.717) is 0 Å². The summed E-state index contributed by atoms with van der Waals surface area (Å²) in [5.41, 5.74) is 3.12. The molecule has 2 heteroatoms. The van der Waals surface area contributed by atoms with Gasteiger partial charge in [0.15, 0.2) is 0 Å². The standard InChI is InChI=1S/C13H25NO/c1-10-6-7-14(9-11(10)2)12(15)8-13(3,4)5/h12,15H,6-9H2,1-5H3. The topological polar surface area (TPSA) is 23.5 Å². The first-order valence-electron chi connectivity index (χ1n) is 5.87. The predicted molar refractivity (Wildman–Crippen MR) is 64.6 cm³/mol. The number of aliphatic hydroxyl groups excluding tert-OH is 1. The van der Waals surface area contributed by atoms with Crippen LogP contribution in [0.25, 0.3) is 0 Å². The molecule has 15 heavy (non-hydrogen) atoms.